The third-order valence-electron chi connectivity index (χ3n) is 4.11. The van der Waals surface area contributed by atoms with E-state index in [1.54, 1.807) is 0 Å². The summed E-state index contributed by atoms with van der Waals surface area (Å²) in [4.78, 5) is 4.32. The standard InChI is InChI=1S/C18H21BrN2/c1-2-8-21-18(16-10-17(19)12-20-11-16)15-7-6-13-4-3-5-14(13)9-15/h6-7,9-12,18,21H,2-5,8H2,1H3. The summed E-state index contributed by atoms with van der Waals surface area (Å²) in [5.41, 5.74) is 5.62. The molecule has 2 aromatic rings. The van der Waals surface area contributed by atoms with Crippen molar-refractivity contribution in [2.75, 3.05) is 6.54 Å². The summed E-state index contributed by atoms with van der Waals surface area (Å²) < 4.78 is 1.03. The van der Waals surface area contributed by atoms with Crippen molar-refractivity contribution in [3.8, 4) is 0 Å². The molecule has 1 aromatic heterocycles. The van der Waals surface area contributed by atoms with Gasteiger partial charge in [-0.1, -0.05) is 25.1 Å². The van der Waals surface area contributed by atoms with E-state index in [-0.39, 0.29) is 6.04 Å². The fourth-order valence-corrected chi connectivity index (χ4v) is 3.46. The number of hydrogen-bond acceptors (Lipinski definition) is 2. The highest BCUT2D eigenvalue weighted by Crippen LogP contribution is 2.29. The second-order valence-electron chi connectivity index (χ2n) is 5.71. The van der Waals surface area contributed by atoms with Gasteiger partial charge in [-0.05, 0) is 76.5 Å². The van der Waals surface area contributed by atoms with Crippen LogP contribution in [-0.2, 0) is 12.8 Å². The zero-order chi connectivity index (χ0) is 14.7. The molecule has 0 amide bonds. The van der Waals surface area contributed by atoms with Gasteiger partial charge in [-0.25, -0.2) is 0 Å². The van der Waals surface area contributed by atoms with E-state index in [1.807, 2.05) is 12.4 Å². The summed E-state index contributed by atoms with van der Waals surface area (Å²) in [6.45, 7) is 3.21. The summed E-state index contributed by atoms with van der Waals surface area (Å²) in [5, 5.41) is 3.66. The molecule has 1 heterocycles. The van der Waals surface area contributed by atoms with Crippen LogP contribution >= 0.6 is 15.9 Å². The molecule has 1 aliphatic rings. The van der Waals surface area contributed by atoms with Crippen LogP contribution in [0.15, 0.2) is 41.1 Å². The number of nitrogens with zero attached hydrogens (tertiary/aromatic N) is 1. The van der Waals surface area contributed by atoms with Gasteiger partial charge in [0.15, 0.2) is 0 Å². The molecule has 0 aliphatic heterocycles. The zero-order valence-corrected chi connectivity index (χ0v) is 14.0. The van der Waals surface area contributed by atoms with Gasteiger partial charge in [-0.15, -0.1) is 0 Å². The van der Waals surface area contributed by atoms with Gasteiger partial charge in [-0.3, -0.25) is 4.98 Å². The topological polar surface area (TPSA) is 24.9 Å². The van der Waals surface area contributed by atoms with Crippen LogP contribution in [0.1, 0.15) is 48.1 Å². The van der Waals surface area contributed by atoms with Crippen molar-refractivity contribution in [2.24, 2.45) is 0 Å². The van der Waals surface area contributed by atoms with Crippen molar-refractivity contribution in [2.45, 2.75) is 38.6 Å². The minimum Gasteiger partial charge on any atom is -0.306 e. The minimum atomic E-state index is 0.223. The van der Waals surface area contributed by atoms with E-state index in [9.17, 15) is 0 Å². The first kappa shape index (κ1) is 14.7. The molecule has 2 nitrogen and oxygen atoms in total. The van der Waals surface area contributed by atoms with Crippen LogP contribution in [-0.4, -0.2) is 11.5 Å². The van der Waals surface area contributed by atoms with Gasteiger partial charge in [0.25, 0.3) is 0 Å². The van der Waals surface area contributed by atoms with Crippen LogP contribution in [0.3, 0.4) is 0 Å². The van der Waals surface area contributed by atoms with E-state index in [2.05, 4.69) is 57.4 Å². The maximum atomic E-state index is 4.32. The Labute approximate surface area is 135 Å². The molecule has 3 heteroatoms. The van der Waals surface area contributed by atoms with Crippen molar-refractivity contribution < 1.29 is 0 Å². The van der Waals surface area contributed by atoms with E-state index in [4.69, 9.17) is 0 Å². The predicted octanol–water partition coefficient (Wildman–Crippen LogP) is 4.42. The number of halogens is 1. The molecule has 0 bridgehead atoms. The number of rotatable bonds is 5. The highest BCUT2D eigenvalue weighted by atomic mass is 79.9. The Hall–Kier alpha value is -1.19. The Bertz CT molecular complexity index is 624. The molecule has 1 N–H and O–H groups in total. The van der Waals surface area contributed by atoms with E-state index in [1.165, 1.54) is 41.5 Å². The number of fused-ring (bicyclic) bond motifs is 1. The largest absolute Gasteiger partial charge is 0.306 e. The van der Waals surface area contributed by atoms with Gasteiger partial charge < -0.3 is 5.32 Å². The quantitative estimate of drug-likeness (QED) is 0.868. The van der Waals surface area contributed by atoms with Crippen LogP contribution in [0.5, 0.6) is 0 Å². The number of benzene rings is 1. The maximum absolute atomic E-state index is 4.32. The molecule has 1 atom stereocenters. The monoisotopic (exact) mass is 344 g/mol. The van der Waals surface area contributed by atoms with Crippen molar-refractivity contribution in [1.82, 2.24) is 10.3 Å². The smallest absolute Gasteiger partial charge is 0.0592 e. The highest BCUT2D eigenvalue weighted by Gasteiger charge is 2.17. The van der Waals surface area contributed by atoms with Crippen molar-refractivity contribution in [3.63, 3.8) is 0 Å². The van der Waals surface area contributed by atoms with E-state index in [0.29, 0.717) is 0 Å². The van der Waals surface area contributed by atoms with Crippen LogP contribution in [0.4, 0.5) is 0 Å². The van der Waals surface area contributed by atoms with Crippen molar-refractivity contribution in [1.29, 1.82) is 0 Å². The molecule has 0 saturated carbocycles. The second-order valence-corrected chi connectivity index (χ2v) is 6.62. The fourth-order valence-electron chi connectivity index (χ4n) is 3.07. The van der Waals surface area contributed by atoms with Crippen LogP contribution < -0.4 is 5.32 Å². The molecular formula is C18H21BrN2. The van der Waals surface area contributed by atoms with Gasteiger partial charge in [0.2, 0.25) is 0 Å². The van der Waals surface area contributed by atoms with Gasteiger partial charge in [0, 0.05) is 16.9 Å². The minimum absolute atomic E-state index is 0.223. The lowest BCUT2D eigenvalue weighted by atomic mass is 9.96. The summed E-state index contributed by atoms with van der Waals surface area (Å²) in [5.74, 6) is 0. The molecule has 0 spiro atoms. The number of nitrogens with one attached hydrogen (secondary N) is 1. The third-order valence-corrected chi connectivity index (χ3v) is 4.55. The number of hydrogen-bond donors (Lipinski definition) is 1. The second kappa shape index (κ2) is 6.71. The molecule has 1 aromatic carbocycles. The van der Waals surface area contributed by atoms with E-state index < -0.39 is 0 Å². The van der Waals surface area contributed by atoms with Crippen LogP contribution in [0.2, 0.25) is 0 Å². The third kappa shape index (κ3) is 3.35. The summed E-state index contributed by atoms with van der Waals surface area (Å²) in [7, 11) is 0. The first-order valence-electron chi connectivity index (χ1n) is 7.73. The van der Waals surface area contributed by atoms with Crippen LogP contribution in [0.25, 0.3) is 0 Å². The molecule has 1 aliphatic carbocycles. The Balaban J connectivity index is 1.95. The maximum Gasteiger partial charge on any atom is 0.0592 e. The van der Waals surface area contributed by atoms with Gasteiger partial charge in [0.05, 0.1) is 6.04 Å². The van der Waals surface area contributed by atoms with Crippen molar-refractivity contribution in [3.05, 3.63) is 63.4 Å². The van der Waals surface area contributed by atoms with Crippen LogP contribution in [0, 0.1) is 0 Å². The van der Waals surface area contributed by atoms with Gasteiger partial charge in [0.1, 0.15) is 0 Å². The highest BCUT2D eigenvalue weighted by molar-refractivity contribution is 9.10. The van der Waals surface area contributed by atoms with E-state index >= 15 is 0 Å². The lowest BCUT2D eigenvalue weighted by molar-refractivity contribution is 0.596. The number of aromatic nitrogens is 1. The first-order chi connectivity index (χ1) is 10.3. The summed E-state index contributed by atoms with van der Waals surface area (Å²) >= 11 is 3.53. The lowest BCUT2D eigenvalue weighted by Crippen LogP contribution is -2.23. The fraction of sp³-hybridized carbons (Fsp3) is 0.389. The average molecular weight is 345 g/mol. The molecular weight excluding hydrogens is 324 g/mol. The predicted molar refractivity (Wildman–Crippen MR) is 90.5 cm³/mol. The average Bonchev–Trinajstić information content (AvgIpc) is 2.95. The number of pyridine rings is 1. The normalized spacial score (nSPS) is 15.0. The molecule has 21 heavy (non-hydrogen) atoms. The Kier molecular flexibility index (Phi) is 4.71. The lowest BCUT2D eigenvalue weighted by Gasteiger charge is -2.20. The molecule has 3 rings (SSSR count). The Morgan fingerprint density at radius 3 is 2.81 bits per heavy atom. The molecule has 0 fully saturated rings. The van der Waals surface area contributed by atoms with E-state index in [0.717, 1.165) is 17.4 Å². The molecule has 110 valence electrons. The Morgan fingerprint density at radius 2 is 2.00 bits per heavy atom. The SMILES string of the molecule is CCCNC(c1cncc(Br)c1)c1ccc2c(c1)CCC2. The summed E-state index contributed by atoms with van der Waals surface area (Å²) in [6.07, 6.45) is 8.68. The molecule has 0 radical (unpaired) electrons. The zero-order valence-electron chi connectivity index (χ0n) is 12.4. The van der Waals surface area contributed by atoms with Crippen molar-refractivity contribution >= 4 is 15.9 Å². The first-order valence-corrected chi connectivity index (χ1v) is 8.52. The van der Waals surface area contributed by atoms with Gasteiger partial charge in [-0.2, -0.15) is 0 Å². The van der Waals surface area contributed by atoms with Gasteiger partial charge >= 0.3 is 0 Å². The molecule has 0 saturated heterocycles. The number of aryl methyl sites for hydroxylation is 2. The molecule has 1 unspecified atom stereocenters. The Morgan fingerprint density at radius 1 is 1.14 bits per heavy atom. The summed E-state index contributed by atoms with van der Waals surface area (Å²) in [6, 6.07) is 9.35.